The van der Waals surface area contributed by atoms with Crippen LogP contribution in [0, 0.1) is 20.8 Å². The van der Waals surface area contributed by atoms with Crippen molar-refractivity contribution in [3.63, 3.8) is 0 Å². The van der Waals surface area contributed by atoms with E-state index in [9.17, 15) is 0 Å². The van der Waals surface area contributed by atoms with Crippen molar-refractivity contribution in [1.82, 2.24) is 0 Å². The summed E-state index contributed by atoms with van der Waals surface area (Å²) in [7, 11) is 0. The van der Waals surface area contributed by atoms with Crippen molar-refractivity contribution >= 4 is 21.5 Å². The number of aryl methyl sites for hydroxylation is 3. The van der Waals surface area contributed by atoms with Crippen molar-refractivity contribution in [1.29, 1.82) is 0 Å². The van der Waals surface area contributed by atoms with E-state index in [1.165, 1.54) is 43.8 Å². The Balaban J connectivity index is 2.66. The Hall–Kier alpha value is -1.82. The van der Waals surface area contributed by atoms with Crippen molar-refractivity contribution < 1.29 is 0 Å². The maximum Gasteiger partial charge on any atom is -0.00625 e. The molecule has 0 atom stereocenters. The molecule has 0 aliphatic heterocycles. The van der Waals surface area contributed by atoms with Gasteiger partial charge in [0, 0.05) is 0 Å². The summed E-state index contributed by atoms with van der Waals surface area (Å²) in [6.45, 7) is 13.6. The van der Waals surface area contributed by atoms with Crippen molar-refractivity contribution in [2.45, 2.75) is 47.0 Å². The van der Waals surface area contributed by atoms with Gasteiger partial charge in [0.2, 0.25) is 0 Å². The fourth-order valence-electron chi connectivity index (χ4n) is 3.38. The minimum absolute atomic E-state index is 0.149. The van der Waals surface area contributed by atoms with Crippen LogP contribution in [0.15, 0.2) is 36.4 Å². The molecule has 3 rings (SSSR count). The molecule has 0 aliphatic rings. The molecular formula is C21H24. The van der Waals surface area contributed by atoms with E-state index in [-0.39, 0.29) is 5.41 Å². The Labute approximate surface area is 127 Å². The van der Waals surface area contributed by atoms with Gasteiger partial charge >= 0.3 is 0 Å². The van der Waals surface area contributed by atoms with E-state index >= 15 is 0 Å². The highest BCUT2D eigenvalue weighted by Gasteiger charge is 2.19. The fraction of sp³-hybridized carbons (Fsp3) is 0.333. The molecular weight excluding hydrogens is 252 g/mol. The summed E-state index contributed by atoms with van der Waals surface area (Å²) in [5.74, 6) is 0. The SMILES string of the molecule is Cc1ccc(C)c2c1ccc1c(C)ccc(C(C)(C)C)c12. The van der Waals surface area contributed by atoms with Crippen LogP contribution in [0.4, 0.5) is 0 Å². The first-order valence-electron chi connectivity index (χ1n) is 7.73. The van der Waals surface area contributed by atoms with Crippen LogP contribution in [0.5, 0.6) is 0 Å². The summed E-state index contributed by atoms with van der Waals surface area (Å²) >= 11 is 0. The van der Waals surface area contributed by atoms with Gasteiger partial charge in [0.05, 0.1) is 0 Å². The molecule has 3 aromatic rings. The smallest absolute Gasteiger partial charge is 0.00625 e. The van der Waals surface area contributed by atoms with Gasteiger partial charge in [-0.25, -0.2) is 0 Å². The molecule has 0 heteroatoms. The van der Waals surface area contributed by atoms with Crippen molar-refractivity contribution in [3.05, 3.63) is 58.7 Å². The quantitative estimate of drug-likeness (QED) is 0.428. The van der Waals surface area contributed by atoms with Crippen molar-refractivity contribution in [3.8, 4) is 0 Å². The third-order valence-electron chi connectivity index (χ3n) is 4.61. The number of hydrogen-bond acceptors (Lipinski definition) is 0. The van der Waals surface area contributed by atoms with Crippen LogP contribution in [0.25, 0.3) is 21.5 Å². The summed E-state index contributed by atoms with van der Waals surface area (Å²) in [5, 5.41) is 5.66. The third kappa shape index (κ3) is 2.14. The summed E-state index contributed by atoms with van der Waals surface area (Å²) in [5.41, 5.74) is 5.69. The number of hydrogen-bond donors (Lipinski definition) is 0. The van der Waals surface area contributed by atoms with Crippen LogP contribution < -0.4 is 0 Å². The Kier molecular flexibility index (Phi) is 3.09. The first kappa shape index (κ1) is 14.1. The number of benzene rings is 3. The molecule has 0 aromatic heterocycles. The predicted octanol–water partition coefficient (Wildman–Crippen LogP) is 6.22. The van der Waals surface area contributed by atoms with Gasteiger partial charge in [-0.3, -0.25) is 0 Å². The zero-order valence-electron chi connectivity index (χ0n) is 14.0. The molecule has 0 amide bonds. The lowest BCUT2D eigenvalue weighted by atomic mass is 9.80. The maximum absolute atomic E-state index is 2.32. The van der Waals surface area contributed by atoms with Gasteiger partial charge in [0.25, 0.3) is 0 Å². The van der Waals surface area contributed by atoms with E-state index < -0.39 is 0 Å². The van der Waals surface area contributed by atoms with Crippen LogP contribution in [0.1, 0.15) is 43.0 Å². The minimum Gasteiger partial charge on any atom is -0.0584 e. The molecule has 0 heterocycles. The average Bonchev–Trinajstić information content (AvgIpc) is 2.41. The van der Waals surface area contributed by atoms with E-state index in [4.69, 9.17) is 0 Å². The van der Waals surface area contributed by atoms with Gasteiger partial charge in [0.1, 0.15) is 0 Å². The van der Waals surface area contributed by atoms with E-state index in [0.717, 1.165) is 0 Å². The van der Waals surface area contributed by atoms with E-state index in [2.05, 4.69) is 77.9 Å². The highest BCUT2D eigenvalue weighted by Crippen LogP contribution is 2.38. The van der Waals surface area contributed by atoms with Gasteiger partial charge in [0.15, 0.2) is 0 Å². The molecule has 0 bridgehead atoms. The summed E-state index contributed by atoms with van der Waals surface area (Å²) in [6.07, 6.45) is 0. The van der Waals surface area contributed by atoms with Crippen molar-refractivity contribution in [2.24, 2.45) is 0 Å². The van der Waals surface area contributed by atoms with Crippen LogP contribution in [-0.2, 0) is 5.41 Å². The average molecular weight is 276 g/mol. The molecule has 0 saturated heterocycles. The van der Waals surface area contributed by atoms with E-state index in [0.29, 0.717) is 0 Å². The predicted molar refractivity (Wildman–Crippen MR) is 94.4 cm³/mol. The first-order chi connectivity index (χ1) is 9.80. The monoisotopic (exact) mass is 276 g/mol. The zero-order valence-corrected chi connectivity index (χ0v) is 14.0. The number of rotatable bonds is 0. The molecule has 3 aromatic carbocycles. The molecule has 0 spiro atoms. The number of fused-ring (bicyclic) bond motifs is 3. The Morgan fingerprint density at radius 1 is 0.571 bits per heavy atom. The molecule has 0 radical (unpaired) electrons. The second-order valence-corrected chi connectivity index (χ2v) is 7.29. The molecule has 21 heavy (non-hydrogen) atoms. The Bertz CT molecular complexity index is 845. The Morgan fingerprint density at radius 3 is 1.62 bits per heavy atom. The second-order valence-electron chi connectivity index (χ2n) is 7.29. The highest BCUT2D eigenvalue weighted by atomic mass is 14.2. The van der Waals surface area contributed by atoms with Crippen LogP contribution in [0.2, 0.25) is 0 Å². The molecule has 0 unspecified atom stereocenters. The molecule has 0 saturated carbocycles. The second kappa shape index (κ2) is 4.59. The van der Waals surface area contributed by atoms with Crippen LogP contribution in [-0.4, -0.2) is 0 Å². The third-order valence-corrected chi connectivity index (χ3v) is 4.61. The van der Waals surface area contributed by atoms with Crippen molar-refractivity contribution in [2.75, 3.05) is 0 Å². The van der Waals surface area contributed by atoms with Gasteiger partial charge in [-0.2, -0.15) is 0 Å². The van der Waals surface area contributed by atoms with Gasteiger partial charge < -0.3 is 0 Å². The summed E-state index contributed by atoms with van der Waals surface area (Å²) in [4.78, 5) is 0. The lowest BCUT2D eigenvalue weighted by molar-refractivity contribution is 0.596. The van der Waals surface area contributed by atoms with E-state index in [1.807, 2.05) is 0 Å². The molecule has 0 fully saturated rings. The van der Waals surface area contributed by atoms with Gasteiger partial charge in [-0.05, 0) is 70.0 Å². The van der Waals surface area contributed by atoms with Crippen LogP contribution in [0.3, 0.4) is 0 Å². The molecule has 0 nitrogen and oxygen atoms in total. The lowest BCUT2D eigenvalue weighted by Gasteiger charge is -2.24. The first-order valence-corrected chi connectivity index (χ1v) is 7.73. The summed E-state index contributed by atoms with van der Waals surface area (Å²) in [6, 6.07) is 13.7. The van der Waals surface area contributed by atoms with Crippen LogP contribution >= 0.6 is 0 Å². The summed E-state index contributed by atoms with van der Waals surface area (Å²) < 4.78 is 0. The largest absolute Gasteiger partial charge is 0.0584 e. The molecule has 0 N–H and O–H groups in total. The van der Waals surface area contributed by atoms with E-state index in [1.54, 1.807) is 0 Å². The van der Waals surface area contributed by atoms with Gasteiger partial charge in [-0.15, -0.1) is 0 Å². The standard InChI is InChI=1S/C21H24/c1-13-7-8-15(3)19-16(13)10-11-17-14(2)9-12-18(20(17)19)21(4,5)6/h7-12H,1-6H3. The minimum atomic E-state index is 0.149. The zero-order chi connectivity index (χ0) is 15.4. The maximum atomic E-state index is 2.32. The normalized spacial score (nSPS) is 12.3. The highest BCUT2D eigenvalue weighted by molar-refractivity contribution is 6.12. The topological polar surface area (TPSA) is 0 Å². The molecule has 0 aliphatic carbocycles. The fourth-order valence-corrected chi connectivity index (χ4v) is 3.38. The van der Waals surface area contributed by atoms with Gasteiger partial charge in [-0.1, -0.05) is 57.2 Å². The lowest BCUT2D eigenvalue weighted by Crippen LogP contribution is -2.12. The molecule has 108 valence electrons. The Morgan fingerprint density at radius 2 is 1.05 bits per heavy atom.